The molecule has 0 aromatic heterocycles. The number of fused-ring (bicyclic) bond motifs is 2. The van der Waals surface area contributed by atoms with Gasteiger partial charge in [-0.3, -0.25) is 4.99 Å². The van der Waals surface area contributed by atoms with E-state index >= 15 is 0 Å². The number of nitrogens with one attached hydrogen (secondary N) is 2. The number of likely N-dealkylation sites (tertiary alicyclic amines) is 1. The van der Waals surface area contributed by atoms with Crippen LogP contribution >= 0.6 is 24.0 Å². The molecule has 3 rings (SSSR count). The Balaban J connectivity index is 0.00000363. The highest BCUT2D eigenvalue weighted by Crippen LogP contribution is 2.36. The topological polar surface area (TPSA) is 89.4 Å². The summed E-state index contributed by atoms with van der Waals surface area (Å²) in [5.41, 5.74) is -0.454. The minimum absolute atomic E-state index is 0. The number of carbonyl (C=O) groups excluding carboxylic acids is 1. The van der Waals surface area contributed by atoms with Gasteiger partial charge < -0.3 is 30.3 Å². The van der Waals surface area contributed by atoms with Crippen LogP contribution in [-0.4, -0.2) is 89.5 Å². The Kier molecular flexibility index (Phi) is 10.8. The Morgan fingerprint density at radius 2 is 1.75 bits per heavy atom. The zero-order valence-electron chi connectivity index (χ0n) is 20.3. The predicted octanol–water partition coefficient (Wildman–Crippen LogP) is 2.94. The number of hydrogen-bond acceptors (Lipinski definition) is 5. The molecule has 8 nitrogen and oxygen atoms in total. The lowest BCUT2D eigenvalue weighted by Gasteiger charge is -2.40. The first-order chi connectivity index (χ1) is 14.7. The molecule has 0 aliphatic carbocycles. The van der Waals surface area contributed by atoms with Gasteiger partial charge in [-0.05, 0) is 79.2 Å². The zero-order chi connectivity index (χ0) is 22.4. The van der Waals surface area contributed by atoms with Crippen LogP contribution in [0.4, 0.5) is 4.79 Å². The van der Waals surface area contributed by atoms with Crippen LogP contribution in [-0.2, 0) is 4.74 Å². The lowest BCUT2D eigenvalue weighted by molar-refractivity contribution is 0.00545. The third-order valence-electron chi connectivity index (χ3n) is 6.48. The molecule has 3 aliphatic heterocycles. The smallest absolute Gasteiger partial charge is 0.410 e. The van der Waals surface area contributed by atoms with Crippen molar-refractivity contribution in [3.8, 4) is 0 Å². The molecule has 0 radical (unpaired) electrons. The molecule has 2 unspecified atom stereocenters. The van der Waals surface area contributed by atoms with Crippen molar-refractivity contribution < 1.29 is 14.6 Å². The normalized spacial score (nSPS) is 27.1. The van der Waals surface area contributed by atoms with E-state index in [0.29, 0.717) is 6.04 Å². The number of carbonyl (C=O) groups is 1. The molecular weight excluding hydrogens is 521 g/mol. The maximum absolute atomic E-state index is 12.7. The van der Waals surface area contributed by atoms with E-state index in [1.54, 1.807) is 0 Å². The van der Waals surface area contributed by atoms with Gasteiger partial charge in [-0.1, -0.05) is 0 Å². The number of halogens is 1. The number of aliphatic hydroxyl groups is 1. The van der Waals surface area contributed by atoms with Gasteiger partial charge in [-0.15, -0.1) is 24.0 Å². The first-order valence-corrected chi connectivity index (χ1v) is 12.2. The number of guanidine groups is 1. The van der Waals surface area contributed by atoms with Crippen LogP contribution in [0.2, 0.25) is 0 Å². The van der Waals surface area contributed by atoms with E-state index in [-0.39, 0.29) is 48.3 Å². The van der Waals surface area contributed by atoms with E-state index in [1.165, 1.54) is 0 Å². The summed E-state index contributed by atoms with van der Waals surface area (Å²) in [7, 11) is 0. The van der Waals surface area contributed by atoms with E-state index in [9.17, 15) is 9.90 Å². The number of rotatable bonds is 6. The fourth-order valence-electron chi connectivity index (χ4n) is 5.05. The summed E-state index contributed by atoms with van der Waals surface area (Å²) in [6, 6.07) is 0.837. The first-order valence-electron chi connectivity index (χ1n) is 12.2. The summed E-state index contributed by atoms with van der Waals surface area (Å²) in [6.45, 7) is 12.5. The third kappa shape index (κ3) is 8.20. The number of nitrogens with zero attached hydrogens (tertiary/aromatic N) is 3. The molecular formula is C23H44IN5O3. The zero-order valence-corrected chi connectivity index (χ0v) is 22.6. The highest BCUT2D eigenvalue weighted by atomic mass is 127. The third-order valence-corrected chi connectivity index (χ3v) is 6.48. The fourth-order valence-corrected chi connectivity index (χ4v) is 5.05. The highest BCUT2D eigenvalue weighted by Gasteiger charge is 2.45. The Hall–Kier alpha value is -0.810. The first kappa shape index (κ1) is 27.4. The Morgan fingerprint density at radius 1 is 1.12 bits per heavy atom. The quantitative estimate of drug-likeness (QED) is 0.199. The van der Waals surface area contributed by atoms with Gasteiger partial charge >= 0.3 is 6.09 Å². The van der Waals surface area contributed by atoms with Crippen LogP contribution in [0.1, 0.15) is 72.6 Å². The average Bonchev–Trinajstić information content (AvgIpc) is 2.96. The van der Waals surface area contributed by atoms with Gasteiger partial charge in [0.05, 0.1) is 6.10 Å². The van der Waals surface area contributed by atoms with Crippen LogP contribution in [0.3, 0.4) is 0 Å². The van der Waals surface area contributed by atoms with E-state index in [1.807, 2.05) is 25.7 Å². The molecule has 3 N–H and O–H groups in total. The van der Waals surface area contributed by atoms with Crippen molar-refractivity contribution in [2.75, 3.05) is 32.7 Å². The van der Waals surface area contributed by atoms with Crippen molar-refractivity contribution in [3.05, 3.63) is 0 Å². The molecule has 3 heterocycles. The van der Waals surface area contributed by atoms with Gasteiger partial charge in [0.25, 0.3) is 0 Å². The lowest BCUT2D eigenvalue weighted by atomic mass is 9.98. The number of aliphatic imine (C=N–C) groups is 1. The number of ether oxygens (including phenoxy) is 1. The maximum Gasteiger partial charge on any atom is 0.410 e. The standard InChI is InChI=1S/C23H43N5O3.HI/c1-5-24-21(25-11-6-12-27-13-9-20(29)10-14-27)26-17-15-18-7-8-19(16-17)28(18)22(30)31-23(2,3)4;/h17-20,29H,5-16H2,1-4H3,(H2,24,25,26);1H. The summed E-state index contributed by atoms with van der Waals surface area (Å²) < 4.78 is 5.65. The van der Waals surface area contributed by atoms with Crippen LogP contribution in [0.5, 0.6) is 0 Å². The van der Waals surface area contributed by atoms with E-state index in [0.717, 1.165) is 83.6 Å². The highest BCUT2D eigenvalue weighted by molar-refractivity contribution is 14.0. The number of aliphatic hydroxyl groups excluding tert-OH is 1. The molecule has 2 atom stereocenters. The SMILES string of the molecule is CCNC(=NCCCN1CCC(O)CC1)NC1CC2CCC(C1)N2C(=O)OC(C)(C)C.I. The van der Waals surface area contributed by atoms with E-state index < -0.39 is 5.60 Å². The molecule has 3 aliphatic rings. The average molecular weight is 566 g/mol. The summed E-state index contributed by atoms with van der Waals surface area (Å²) >= 11 is 0. The molecule has 3 fully saturated rings. The van der Waals surface area contributed by atoms with Gasteiger partial charge in [0.2, 0.25) is 0 Å². The van der Waals surface area contributed by atoms with Crippen LogP contribution in [0.15, 0.2) is 4.99 Å². The molecule has 0 spiro atoms. The maximum atomic E-state index is 12.7. The van der Waals surface area contributed by atoms with E-state index in [4.69, 9.17) is 9.73 Å². The van der Waals surface area contributed by atoms with Crippen molar-refractivity contribution in [3.63, 3.8) is 0 Å². The van der Waals surface area contributed by atoms with Crippen molar-refractivity contribution in [1.29, 1.82) is 0 Å². The van der Waals surface area contributed by atoms with Gasteiger partial charge in [0, 0.05) is 44.3 Å². The lowest BCUT2D eigenvalue weighted by Crippen LogP contribution is -2.55. The Labute approximate surface area is 210 Å². The number of hydrogen-bond donors (Lipinski definition) is 3. The molecule has 32 heavy (non-hydrogen) atoms. The predicted molar refractivity (Wildman–Crippen MR) is 139 cm³/mol. The summed E-state index contributed by atoms with van der Waals surface area (Å²) in [6.07, 6.45) is 6.51. The minimum atomic E-state index is -0.454. The molecule has 3 saturated heterocycles. The van der Waals surface area contributed by atoms with Crippen molar-refractivity contribution in [2.24, 2.45) is 4.99 Å². The van der Waals surface area contributed by atoms with Crippen LogP contribution < -0.4 is 10.6 Å². The Morgan fingerprint density at radius 3 is 2.31 bits per heavy atom. The second-order valence-electron chi connectivity index (χ2n) is 10.3. The molecule has 0 aromatic rings. The second-order valence-corrected chi connectivity index (χ2v) is 10.3. The fraction of sp³-hybridized carbons (Fsp3) is 0.913. The molecule has 1 amide bonds. The summed E-state index contributed by atoms with van der Waals surface area (Å²) in [5.74, 6) is 0.881. The molecule has 9 heteroatoms. The number of piperidine rings is 2. The number of amides is 1. The van der Waals surface area contributed by atoms with Gasteiger partial charge in [-0.2, -0.15) is 0 Å². The monoisotopic (exact) mass is 565 g/mol. The molecule has 2 bridgehead atoms. The van der Waals surface area contributed by atoms with Crippen LogP contribution in [0.25, 0.3) is 0 Å². The van der Waals surface area contributed by atoms with E-state index in [2.05, 4.69) is 22.5 Å². The molecule has 0 aromatic carbocycles. The Bertz CT molecular complexity index is 605. The van der Waals surface area contributed by atoms with Gasteiger partial charge in [0.1, 0.15) is 5.60 Å². The van der Waals surface area contributed by atoms with Gasteiger partial charge in [0.15, 0.2) is 5.96 Å². The largest absolute Gasteiger partial charge is 0.444 e. The molecule has 0 saturated carbocycles. The summed E-state index contributed by atoms with van der Waals surface area (Å²) in [5, 5.41) is 16.6. The second kappa shape index (κ2) is 12.6. The van der Waals surface area contributed by atoms with Crippen molar-refractivity contribution in [1.82, 2.24) is 20.4 Å². The van der Waals surface area contributed by atoms with Crippen LogP contribution in [0, 0.1) is 0 Å². The van der Waals surface area contributed by atoms with Crippen molar-refractivity contribution in [2.45, 2.75) is 102 Å². The van der Waals surface area contributed by atoms with Gasteiger partial charge in [-0.25, -0.2) is 4.79 Å². The van der Waals surface area contributed by atoms with Crippen molar-refractivity contribution >= 4 is 36.0 Å². The molecule has 186 valence electrons. The minimum Gasteiger partial charge on any atom is -0.444 e. The summed E-state index contributed by atoms with van der Waals surface area (Å²) in [4.78, 5) is 21.9.